The van der Waals surface area contributed by atoms with Gasteiger partial charge in [-0.15, -0.1) is 0 Å². The van der Waals surface area contributed by atoms with Gasteiger partial charge >= 0.3 is 0 Å². The zero-order valence-electron chi connectivity index (χ0n) is 10.6. The fourth-order valence-electron chi connectivity index (χ4n) is 2.01. The highest BCUT2D eigenvalue weighted by Gasteiger charge is 2.28. The molecule has 0 bridgehead atoms. The second-order valence-electron chi connectivity index (χ2n) is 4.64. The van der Waals surface area contributed by atoms with Crippen molar-refractivity contribution in [1.82, 2.24) is 4.90 Å². The molecule has 0 spiro atoms. The highest BCUT2D eigenvalue weighted by Crippen LogP contribution is 2.23. The smallest absolute Gasteiger partial charge is 0.255 e. The quantitative estimate of drug-likeness (QED) is 0.893. The lowest BCUT2D eigenvalue weighted by Gasteiger charge is -2.35. The van der Waals surface area contributed by atoms with E-state index in [2.05, 4.69) is 15.9 Å². The molecule has 19 heavy (non-hydrogen) atoms. The average molecular weight is 348 g/mol. The van der Waals surface area contributed by atoms with Crippen LogP contribution in [0.3, 0.4) is 0 Å². The van der Waals surface area contributed by atoms with Crippen molar-refractivity contribution in [2.45, 2.75) is 19.1 Å². The molecule has 1 heterocycles. The SMILES string of the molecule is CC(N)C1CN(C(=O)c2cc(Cl)ccc2Br)CCO1. The van der Waals surface area contributed by atoms with Gasteiger partial charge in [0.2, 0.25) is 0 Å². The van der Waals surface area contributed by atoms with E-state index in [1.165, 1.54) is 0 Å². The van der Waals surface area contributed by atoms with E-state index in [4.69, 9.17) is 22.1 Å². The maximum atomic E-state index is 12.5. The van der Waals surface area contributed by atoms with Crippen LogP contribution in [-0.4, -0.2) is 42.6 Å². The largest absolute Gasteiger partial charge is 0.373 e. The first-order chi connectivity index (χ1) is 8.99. The summed E-state index contributed by atoms with van der Waals surface area (Å²) in [6.45, 7) is 3.47. The van der Waals surface area contributed by atoms with Crippen LogP contribution >= 0.6 is 27.5 Å². The molecule has 1 amide bonds. The van der Waals surface area contributed by atoms with Crippen molar-refractivity contribution >= 4 is 33.4 Å². The molecular weight excluding hydrogens is 332 g/mol. The van der Waals surface area contributed by atoms with Crippen LogP contribution in [-0.2, 0) is 4.74 Å². The van der Waals surface area contributed by atoms with Crippen LogP contribution in [0.5, 0.6) is 0 Å². The number of hydrogen-bond donors (Lipinski definition) is 1. The first-order valence-electron chi connectivity index (χ1n) is 6.10. The zero-order chi connectivity index (χ0) is 14.0. The van der Waals surface area contributed by atoms with E-state index in [1.54, 1.807) is 23.1 Å². The number of ether oxygens (including phenoxy) is 1. The van der Waals surface area contributed by atoms with Crippen molar-refractivity contribution < 1.29 is 9.53 Å². The van der Waals surface area contributed by atoms with Gasteiger partial charge in [-0.05, 0) is 41.1 Å². The van der Waals surface area contributed by atoms with Gasteiger partial charge in [-0.3, -0.25) is 4.79 Å². The fraction of sp³-hybridized carbons (Fsp3) is 0.462. The van der Waals surface area contributed by atoms with E-state index in [0.717, 1.165) is 4.47 Å². The number of nitrogens with two attached hydrogens (primary N) is 1. The number of rotatable bonds is 2. The number of halogens is 2. The highest BCUT2D eigenvalue weighted by atomic mass is 79.9. The number of morpholine rings is 1. The van der Waals surface area contributed by atoms with E-state index < -0.39 is 0 Å². The maximum Gasteiger partial charge on any atom is 0.255 e. The number of hydrogen-bond acceptors (Lipinski definition) is 3. The van der Waals surface area contributed by atoms with Gasteiger partial charge in [-0.25, -0.2) is 0 Å². The Hall–Kier alpha value is -0.620. The van der Waals surface area contributed by atoms with Gasteiger partial charge in [-0.2, -0.15) is 0 Å². The van der Waals surface area contributed by atoms with Crippen LogP contribution in [0.15, 0.2) is 22.7 Å². The highest BCUT2D eigenvalue weighted by molar-refractivity contribution is 9.10. The van der Waals surface area contributed by atoms with Crippen LogP contribution in [0, 0.1) is 0 Å². The molecule has 0 saturated carbocycles. The molecule has 1 aromatic carbocycles. The van der Waals surface area contributed by atoms with Crippen LogP contribution in [0.4, 0.5) is 0 Å². The van der Waals surface area contributed by atoms with Crippen molar-refractivity contribution in [3.63, 3.8) is 0 Å². The molecular formula is C13H16BrClN2O2. The maximum absolute atomic E-state index is 12.5. The molecule has 1 saturated heterocycles. The van der Waals surface area contributed by atoms with Crippen molar-refractivity contribution in [3.8, 4) is 0 Å². The minimum Gasteiger partial charge on any atom is -0.373 e. The van der Waals surface area contributed by atoms with E-state index in [1.807, 2.05) is 6.92 Å². The van der Waals surface area contributed by atoms with Crippen LogP contribution in [0.1, 0.15) is 17.3 Å². The molecule has 1 fully saturated rings. The Labute approximate surface area is 126 Å². The predicted molar refractivity (Wildman–Crippen MR) is 78.4 cm³/mol. The normalized spacial score (nSPS) is 21.3. The lowest BCUT2D eigenvalue weighted by molar-refractivity contribution is -0.0300. The van der Waals surface area contributed by atoms with Crippen molar-refractivity contribution in [1.29, 1.82) is 0 Å². The summed E-state index contributed by atoms with van der Waals surface area (Å²) in [6, 6.07) is 5.09. The van der Waals surface area contributed by atoms with Crippen LogP contribution in [0.2, 0.25) is 5.02 Å². The number of amides is 1. The van der Waals surface area contributed by atoms with E-state index in [0.29, 0.717) is 30.3 Å². The number of benzene rings is 1. The van der Waals surface area contributed by atoms with Crippen molar-refractivity contribution in [2.24, 2.45) is 5.73 Å². The molecule has 2 atom stereocenters. The minimum absolute atomic E-state index is 0.0525. The lowest BCUT2D eigenvalue weighted by Crippen LogP contribution is -2.51. The summed E-state index contributed by atoms with van der Waals surface area (Å²) in [5, 5.41) is 0.545. The van der Waals surface area contributed by atoms with E-state index in [-0.39, 0.29) is 18.1 Å². The van der Waals surface area contributed by atoms with Gasteiger partial charge in [0.05, 0.1) is 18.3 Å². The monoisotopic (exact) mass is 346 g/mol. The Bertz CT molecular complexity index is 482. The average Bonchev–Trinajstić information content (AvgIpc) is 2.41. The molecule has 104 valence electrons. The third-order valence-electron chi connectivity index (χ3n) is 3.13. The second kappa shape index (κ2) is 6.22. The zero-order valence-corrected chi connectivity index (χ0v) is 12.9. The summed E-state index contributed by atoms with van der Waals surface area (Å²) in [4.78, 5) is 14.2. The van der Waals surface area contributed by atoms with Crippen LogP contribution < -0.4 is 5.73 Å². The molecule has 1 aromatic rings. The molecule has 2 N–H and O–H groups in total. The van der Waals surface area contributed by atoms with Crippen molar-refractivity contribution in [3.05, 3.63) is 33.3 Å². The molecule has 4 nitrogen and oxygen atoms in total. The molecule has 1 aliphatic heterocycles. The Kier molecular flexibility index (Phi) is 4.84. The fourth-order valence-corrected chi connectivity index (χ4v) is 2.60. The van der Waals surface area contributed by atoms with Crippen LogP contribution in [0.25, 0.3) is 0 Å². The van der Waals surface area contributed by atoms with Crippen molar-refractivity contribution in [2.75, 3.05) is 19.7 Å². The summed E-state index contributed by atoms with van der Waals surface area (Å²) in [6.07, 6.45) is -0.115. The Morgan fingerprint density at radius 2 is 2.37 bits per heavy atom. The van der Waals surface area contributed by atoms with E-state index >= 15 is 0 Å². The Morgan fingerprint density at radius 3 is 3.05 bits per heavy atom. The summed E-state index contributed by atoms with van der Waals surface area (Å²) < 4.78 is 6.29. The molecule has 2 rings (SSSR count). The first-order valence-corrected chi connectivity index (χ1v) is 7.27. The third-order valence-corrected chi connectivity index (χ3v) is 4.05. The number of carbonyl (C=O) groups excluding carboxylic acids is 1. The summed E-state index contributed by atoms with van der Waals surface area (Å²) in [7, 11) is 0. The summed E-state index contributed by atoms with van der Waals surface area (Å²) >= 11 is 9.32. The van der Waals surface area contributed by atoms with Gasteiger partial charge in [0.25, 0.3) is 5.91 Å². The van der Waals surface area contributed by atoms with Gasteiger partial charge in [0, 0.05) is 28.6 Å². The first kappa shape index (κ1) is 14.8. The second-order valence-corrected chi connectivity index (χ2v) is 5.93. The predicted octanol–water partition coefficient (Wildman–Crippen LogP) is 2.29. The Balaban J connectivity index is 2.17. The number of carbonyl (C=O) groups is 1. The summed E-state index contributed by atoms with van der Waals surface area (Å²) in [5.74, 6) is -0.0525. The molecule has 0 aromatic heterocycles. The topological polar surface area (TPSA) is 55.6 Å². The summed E-state index contributed by atoms with van der Waals surface area (Å²) in [5.41, 5.74) is 6.40. The Morgan fingerprint density at radius 1 is 1.63 bits per heavy atom. The minimum atomic E-state index is -0.115. The van der Waals surface area contributed by atoms with Gasteiger partial charge in [-0.1, -0.05) is 11.6 Å². The van der Waals surface area contributed by atoms with Gasteiger partial charge in [0.15, 0.2) is 0 Å². The molecule has 2 unspecified atom stereocenters. The molecule has 6 heteroatoms. The molecule has 1 aliphatic rings. The molecule has 0 aliphatic carbocycles. The standard InChI is InChI=1S/C13H16BrClN2O2/c1-8(16)12-7-17(4-5-19-12)13(18)10-6-9(15)2-3-11(10)14/h2-3,6,8,12H,4-5,7,16H2,1H3. The van der Waals surface area contributed by atoms with Gasteiger partial charge < -0.3 is 15.4 Å². The van der Waals surface area contributed by atoms with E-state index in [9.17, 15) is 4.79 Å². The lowest BCUT2D eigenvalue weighted by atomic mass is 10.1. The number of nitrogens with zero attached hydrogens (tertiary/aromatic N) is 1. The molecule has 0 radical (unpaired) electrons. The third kappa shape index (κ3) is 3.48. The van der Waals surface area contributed by atoms with Gasteiger partial charge in [0.1, 0.15) is 0 Å².